The second-order valence-electron chi connectivity index (χ2n) is 7.56. The van der Waals surface area contributed by atoms with E-state index in [2.05, 4.69) is 10.6 Å². The van der Waals surface area contributed by atoms with E-state index in [1.54, 1.807) is 48.5 Å². The van der Waals surface area contributed by atoms with E-state index in [0.29, 0.717) is 29.3 Å². The number of rotatable bonds is 11. The molecule has 2 aromatic rings. The van der Waals surface area contributed by atoms with Gasteiger partial charge in [0.1, 0.15) is 5.75 Å². The molecule has 33 heavy (non-hydrogen) atoms. The van der Waals surface area contributed by atoms with E-state index in [4.69, 9.17) is 14.2 Å². The van der Waals surface area contributed by atoms with Crippen LogP contribution in [0.1, 0.15) is 37.0 Å². The van der Waals surface area contributed by atoms with E-state index in [1.807, 2.05) is 13.8 Å². The Morgan fingerprint density at radius 1 is 0.848 bits per heavy atom. The minimum absolute atomic E-state index is 0.117. The lowest BCUT2D eigenvalue weighted by Crippen LogP contribution is -2.21. The molecular weight excluding hydrogens is 428 g/mol. The fourth-order valence-corrected chi connectivity index (χ4v) is 2.57. The van der Waals surface area contributed by atoms with Gasteiger partial charge >= 0.3 is 11.9 Å². The number of carbonyl (C=O) groups is 4. The van der Waals surface area contributed by atoms with Crippen molar-refractivity contribution in [2.45, 2.75) is 26.7 Å². The zero-order valence-corrected chi connectivity index (χ0v) is 18.9. The van der Waals surface area contributed by atoms with Gasteiger partial charge < -0.3 is 24.8 Å². The number of esters is 2. The molecule has 0 saturated heterocycles. The molecule has 0 atom stereocenters. The SMILES string of the molecule is COc1cccc(NC(=O)COC(=O)CCC(=O)Nc2ccc(C(=O)OCC(C)C)cc2)c1. The van der Waals surface area contributed by atoms with Crippen LogP contribution in [0, 0.1) is 5.92 Å². The quantitative estimate of drug-likeness (QED) is 0.497. The molecule has 2 rings (SSSR count). The highest BCUT2D eigenvalue weighted by atomic mass is 16.5. The first-order valence-corrected chi connectivity index (χ1v) is 10.4. The highest BCUT2D eigenvalue weighted by Gasteiger charge is 2.12. The van der Waals surface area contributed by atoms with Gasteiger partial charge in [-0.3, -0.25) is 14.4 Å². The fraction of sp³-hybridized carbons (Fsp3) is 0.333. The molecular formula is C24H28N2O7. The Balaban J connectivity index is 1.69. The van der Waals surface area contributed by atoms with E-state index in [0.717, 1.165) is 0 Å². The van der Waals surface area contributed by atoms with Crippen molar-refractivity contribution < 1.29 is 33.4 Å². The van der Waals surface area contributed by atoms with Crippen molar-refractivity contribution in [1.29, 1.82) is 0 Å². The zero-order valence-electron chi connectivity index (χ0n) is 18.9. The Labute approximate surface area is 192 Å². The average molecular weight is 456 g/mol. The molecule has 2 amide bonds. The Bertz CT molecular complexity index is 971. The fourth-order valence-electron chi connectivity index (χ4n) is 2.57. The van der Waals surface area contributed by atoms with Crippen LogP contribution in [0.25, 0.3) is 0 Å². The molecule has 176 valence electrons. The molecule has 0 fully saturated rings. The summed E-state index contributed by atoms with van der Waals surface area (Å²) in [6.45, 7) is 3.75. The summed E-state index contributed by atoms with van der Waals surface area (Å²) in [5.41, 5.74) is 1.37. The van der Waals surface area contributed by atoms with Crippen LogP contribution in [-0.4, -0.2) is 44.1 Å². The number of ether oxygens (including phenoxy) is 3. The smallest absolute Gasteiger partial charge is 0.338 e. The molecule has 9 nitrogen and oxygen atoms in total. The number of benzene rings is 2. The molecule has 0 spiro atoms. The predicted molar refractivity (Wildman–Crippen MR) is 122 cm³/mol. The predicted octanol–water partition coefficient (Wildman–Crippen LogP) is 3.41. The Hall–Kier alpha value is -3.88. The van der Waals surface area contributed by atoms with Crippen LogP contribution in [0.5, 0.6) is 5.75 Å². The van der Waals surface area contributed by atoms with Gasteiger partial charge in [0.15, 0.2) is 6.61 Å². The molecule has 0 heterocycles. The molecule has 0 unspecified atom stereocenters. The van der Waals surface area contributed by atoms with E-state index in [1.165, 1.54) is 7.11 Å². The summed E-state index contributed by atoms with van der Waals surface area (Å²) in [5, 5.41) is 5.22. The summed E-state index contributed by atoms with van der Waals surface area (Å²) < 4.78 is 15.1. The molecule has 2 aromatic carbocycles. The maximum absolute atomic E-state index is 12.1. The number of anilines is 2. The molecule has 2 N–H and O–H groups in total. The lowest BCUT2D eigenvalue weighted by atomic mass is 10.2. The van der Waals surface area contributed by atoms with Crippen molar-refractivity contribution in [2.75, 3.05) is 31.0 Å². The maximum Gasteiger partial charge on any atom is 0.338 e. The summed E-state index contributed by atoms with van der Waals surface area (Å²) in [6, 6.07) is 13.0. The van der Waals surface area contributed by atoms with Crippen LogP contribution < -0.4 is 15.4 Å². The van der Waals surface area contributed by atoms with E-state index >= 15 is 0 Å². The number of carbonyl (C=O) groups excluding carboxylic acids is 4. The van der Waals surface area contributed by atoms with Crippen molar-refractivity contribution in [3.63, 3.8) is 0 Å². The molecule has 0 aliphatic rings. The van der Waals surface area contributed by atoms with Gasteiger partial charge in [0.2, 0.25) is 5.91 Å². The molecule has 9 heteroatoms. The lowest BCUT2D eigenvalue weighted by Gasteiger charge is -2.09. The zero-order chi connectivity index (χ0) is 24.2. The van der Waals surface area contributed by atoms with Crippen LogP contribution in [-0.2, 0) is 23.9 Å². The second-order valence-corrected chi connectivity index (χ2v) is 7.56. The van der Waals surface area contributed by atoms with Gasteiger partial charge in [-0.05, 0) is 42.3 Å². The van der Waals surface area contributed by atoms with Crippen molar-refractivity contribution in [2.24, 2.45) is 5.92 Å². The third-order valence-corrected chi connectivity index (χ3v) is 4.23. The van der Waals surface area contributed by atoms with Gasteiger partial charge in [-0.1, -0.05) is 19.9 Å². The Morgan fingerprint density at radius 2 is 1.55 bits per heavy atom. The number of nitrogens with one attached hydrogen (secondary N) is 2. The first-order chi connectivity index (χ1) is 15.8. The van der Waals surface area contributed by atoms with Crippen LogP contribution in [0.4, 0.5) is 11.4 Å². The highest BCUT2D eigenvalue weighted by Crippen LogP contribution is 2.16. The van der Waals surface area contributed by atoms with Gasteiger partial charge in [0.25, 0.3) is 5.91 Å². The largest absolute Gasteiger partial charge is 0.497 e. The average Bonchev–Trinajstić information content (AvgIpc) is 2.80. The minimum atomic E-state index is -0.672. The number of amides is 2. The van der Waals surface area contributed by atoms with Gasteiger partial charge in [0, 0.05) is 23.9 Å². The highest BCUT2D eigenvalue weighted by molar-refractivity contribution is 5.95. The summed E-state index contributed by atoms with van der Waals surface area (Å²) in [7, 11) is 1.51. The normalized spacial score (nSPS) is 10.3. The first kappa shape index (κ1) is 25.4. The molecule has 0 aliphatic carbocycles. The summed E-state index contributed by atoms with van der Waals surface area (Å²) in [6.07, 6.45) is -0.299. The van der Waals surface area contributed by atoms with Gasteiger partial charge in [-0.25, -0.2) is 4.79 Å². The van der Waals surface area contributed by atoms with Gasteiger partial charge in [-0.15, -0.1) is 0 Å². The van der Waals surface area contributed by atoms with Gasteiger partial charge in [0.05, 0.1) is 25.7 Å². The number of methoxy groups -OCH3 is 1. The molecule has 0 radical (unpaired) electrons. The second kappa shape index (κ2) is 12.8. The van der Waals surface area contributed by atoms with Crippen molar-refractivity contribution >= 4 is 35.1 Å². The summed E-state index contributed by atoms with van der Waals surface area (Å²) in [5.74, 6) is -1.19. The topological polar surface area (TPSA) is 120 Å². The van der Waals surface area contributed by atoms with Crippen LogP contribution in [0.2, 0.25) is 0 Å². The number of hydrogen-bond donors (Lipinski definition) is 2. The van der Waals surface area contributed by atoms with Gasteiger partial charge in [-0.2, -0.15) is 0 Å². The third kappa shape index (κ3) is 9.42. The van der Waals surface area contributed by atoms with Crippen LogP contribution >= 0.6 is 0 Å². The Morgan fingerprint density at radius 3 is 2.21 bits per heavy atom. The summed E-state index contributed by atoms with van der Waals surface area (Å²) >= 11 is 0. The van der Waals surface area contributed by atoms with Crippen molar-refractivity contribution in [3.8, 4) is 5.75 Å². The Kier molecular flexibility index (Phi) is 9.88. The van der Waals surface area contributed by atoms with E-state index in [9.17, 15) is 19.2 Å². The summed E-state index contributed by atoms with van der Waals surface area (Å²) in [4.78, 5) is 47.7. The molecule has 0 aliphatic heterocycles. The van der Waals surface area contributed by atoms with Crippen molar-refractivity contribution in [1.82, 2.24) is 0 Å². The monoisotopic (exact) mass is 456 g/mol. The third-order valence-electron chi connectivity index (χ3n) is 4.23. The van der Waals surface area contributed by atoms with Crippen molar-refractivity contribution in [3.05, 3.63) is 54.1 Å². The lowest BCUT2D eigenvalue weighted by molar-refractivity contribution is -0.147. The minimum Gasteiger partial charge on any atom is -0.497 e. The van der Waals surface area contributed by atoms with Crippen LogP contribution in [0.3, 0.4) is 0 Å². The maximum atomic E-state index is 12.1. The number of hydrogen-bond acceptors (Lipinski definition) is 7. The van der Waals surface area contributed by atoms with Crippen LogP contribution in [0.15, 0.2) is 48.5 Å². The van der Waals surface area contributed by atoms with E-state index in [-0.39, 0.29) is 18.8 Å². The molecule has 0 bridgehead atoms. The standard InChI is InChI=1S/C24H28N2O7/c1-16(2)14-33-24(30)17-7-9-18(10-8-17)25-21(27)11-12-23(29)32-15-22(28)26-19-5-4-6-20(13-19)31-3/h4-10,13,16H,11-12,14-15H2,1-3H3,(H,25,27)(H,26,28). The first-order valence-electron chi connectivity index (χ1n) is 10.4. The molecule has 0 saturated carbocycles. The van der Waals surface area contributed by atoms with E-state index < -0.39 is 30.4 Å². The molecule has 0 aromatic heterocycles.